The van der Waals surface area contributed by atoms with E-state index in [2.05, 4.69) is 6.92 Å². The molecule has 0 amide bonds. The van der Waals surface area contributed by atoms with E-state index in [9.17, 15) is 9.90 Å². The largest absolute Gasteiger partial charge is 0.545 e. The van der Waals surface area contributed by atoms with Crippen molar-refractivity contribution in [1.82, 2.24) is 0 Å². The van der Waals surface area contributed by atoms with Crippen molar-refractivity contribution in [3.63, 3.8) is 0 Å². The van der Waals surface area contributed by atoms with Crippen molar-refractivity contribution in [2.24, 2.45) is 0 Å². The molecule has 1 aromatic carbocycles. The Bertz CT molecular complexity index is 369. The predicted molar refractivity (Wildman–Crippen MR) is 60.9 cm³/mol. The minimum Gasteiger partial charge on any atom is -0.545 e. The lowest BCUT2D eigenvalue weighted by Crippen LogP contribution is -2.18. The van der Waals surface area contributed by atoms with Gasteiger partial charge in [0.1, 0.15) is 5.75 Å². The van der Waals surface area contributed by atoms with E-state index in [0.29, 0.717) is 12.4 Å². The predicted octanol–water partition coefficient (Wildman–Crippen LogP) is 1.63. The van der Waals surface area contributed by atoms with Crippen LogP contribution < -0.4 is 9.84 Å². The molecule has 0 unspecified atom stereocenters. The maximum Gasteiger partial charge on any atom is 0.126 e. The molecular weight excluding hydrogens is 204 g/mol. The van der Waals surface area contributed by atoms with Crippen LogP contribution in [0.4, 0.5) is 0 Å². The number of para-hydroxylation sites is 1. The van der Waals surface area contributed by atoms with Gasteiger partial charge in [-0.15, -0.1) is 0 Å². The molecule has 0 aliphatic carbocycles. The van der Waals surface area contributed by atoms with Crippen LogP contribution in [0.5, 0.6) is 5.75 Å². The van der Waals surface area contributed by atoms with Gasteiger partial charge in [0.05, 0.1) is 12.6 Å². The lowest BCUT2D eigenvalue weighted by atomic mass is 10.2. The van der Waals surface area contributed by atoms with Gasteiger partial charge in [-0.25, -0.2) is 0 Å². The molecule has 1 aromatic rings. The van der Waals surface area contributed by atoms with Crippen molar-refractivity contribution in [2.45, 2.75) is 19.8 Å². The van der Waals surface area contributed by atoms with Crippen molar-refractivity contribution in [3.05, 3.63) is 35.9 Å². The van der Waals surface area contributed by atoms with Gasteiger partial charge in [-0.3, -0.25) is 0 Å². The molecule has 0 heterocycles. The average Bonchev–Trinajstić information content (AvgIpc) is 2.28. The fourth-order valence-electron chi connectivity index (χ4n) is 1.23. The summed E-state index contributed by atoms with van der Waals surface area (Å²) in [6.07, 6.45) is 4.54. The molecule has 16 heavy (non-hydrogen) atoms. The van der Waals surface area contributed by atoms with Gasteiger partial charge in [0.2, 0.25) is 0 Å². The summed E-state index contributed by atoms with van der Waals surface area (Å²) in [5, 5.41) is 10.3. The Balaban J connectivity index is 2.71. The van der Waals surface area contributed by atoms with E-state index in [4.69, 9.17) is 4.74 Å². The standard InChI is InChI=1S/C13H16O3/c1-2-3-10-16-12-7-5-4-6-11(12)8-9-13(14)15/h4-9H,2-3,10H2,1H3,(H,14,15)/p-1/b9-8+. The zero-order valence-electron chi connectivity index (χ0n) is 9.31. The van der Waals surface area contributed by atoms with Crippen LogP contribution in [0, 0.1) is 0 Å². The summed E-state index contributed by atoms with van der Waals surface area (Å²) in [5.41, 5.74) is 0.753. The second kappa shape index (κ2) is 6.67. The van der Waals surface area contributed by atoms with Gasteiger partial charge >= 0.3 is 0 Å². The van der Waals surface area contributed by atoms with Gasteiger partial charge in [0.15, 0.2) is 0 Å². The minimum absolute atomic E-state index is 0.646. The monoisotopic (exact) mass is 219 g/mol. The second-order valence-corrected chi connectivity index (χ2v) is 3.39. The van der Waals surface area contributed by atoms with E-state index >= 15 is 0 Å². The molecular formula is C13H15O3-. The molecule has 0 saturated carbocycles. The molecule has 0 aliphatic rings. The van der Waals surface area contributed by atoms with Crippen molar-refractivity contribution in [3.8, 4) is 5.75 Å². The first-order chi connectivity index (χ1) is 7.74. The molecule has 0 aliphatic heterocycles. The fraction of sp³-hybridized carbons (Fsp3) is 0.308. The number of carbonyl (C=O) groups excluding carboxylic acids is 1. The molecule has 3 heteroatoms. The van der Waals surface area contributed by atoms with E-state index in [0.717, 1.165) is 24.5 Å². The first-order valence-corrected chi connectivity index (χ1v) is 5.35. The summed E-state index contributed by atoms with van der Waals surface area (Å²) in [7, 11) is 0. The number of ether oxygens (including phenoxy) is 1. The van der Waals surface area contributed by atoms with E-state index in [-0.39, 0.29) is 0 Å². The first kappa shape index (κ1) is 12.3. The molecule has 0 atom stereocenters. The number of carboxylic acids is 1. The zero-order valence-corrected chi connectivity index (χ0v) is 9.31. The lowest BCUT2D eigenvalue weighted by molar-refractivity contribution is -0.297. The van der Waals surface area contributed by atoms with E-state index in [1.165, 1.54) is 6.08 Å². The molecule has 1 rings (SSSR count). The highest BCUT2D eigenvalue weighted by Gasteiger charge is 1.98. The smallest absolute Gasteiger partial charge is 0.126 e. The van der Waals surface area contributed by atoms with Crippen molar-refractivity contribution in [1.29, 1.82) is 0 Å². The van der Waals surface area contributed by atoms with E-state index in [1.54, 1.807) is 6.07 Å². The number of benzene rings is 1. The molecule has 3 nitrogen and oxygen atoms in total. The van der Waals surface area contributed by atoms with Crippen LogP contribution in [0.3, 0.4) is 0 Å². The number of hydrogen-bond acceptors (Lipinski definition) is 3. The third-order valence-corrected chi connectivity index (χ3v) is 2.07. The second-order valence-electron chi connectivity index (χ2n) is 3.39. The Morgan fingerprint density at radius 3 is 2.88 bits per heavy atom. The van der Waals surface area contributed by atoms with Crippen molar-refractivity contribution >= 4 is 12.0 Å². The molecule has 0 N–H and O–H groups in total. The van der Waals surface area contributed by atoms with Crippen LogP contribution in [0.1, 0.15) is 25.3 Å². The highest BCUT2D eigenvalue weighted by atomic mass is 16.5. The van der Waals surface area contributed by atoms with E-state index in [1.807, 2.05) is 18.2 Å². The Morgan fingerprint density at radius 1 is 1.44 bits per heavy atom. The highest BCUT2D eigenvalue weighted by Crippen LogP contribution is 2.19. The minimum atomic E-state index is -1.21. The van der Waals surface area contributed by atoms with Gasteiger partial charge in [-0.05, 0) is 24.6 Å². The number of carbonyl (C=O) groups is 1. The molecule has 86 valence electrons. The summed E-state index contributed by atoms with van der Waals surface area (Å²) >= 11 is 0. The highest BCUT2D eigenvalue weighted by molar-refractivity contribution is 5.84. The van der Waals surface area contributed by atoms with Crippen molar-refractivity contribution < 1.29 is 14.6 Å². The van der Waals surface area contributed by atoms with E-state index < -0.39 is 5.97 Å². The van der Waals surface area contributed by atoms with Gasteiger partial charge in [0.25, 0.3) is 0 Å². The summed E-state index contributed by atoms with van der Waals surface area (Å²) in [6, 6.07) is 7.32. The molecule has 0 fully saturated rings. The van der Waals surface area contributed by atoms with Crippen LogP contribution in [0.2, 0.25) is 0 Å². The normalized spacial score (nSPS) is 10.6. The number of aliphatic carboxylic acids is 1. The Labute approximate surface area is 95.4 Å². The van der Waals surface area contributed by atoms with Crippen LogP contribution in [-0.4, -0.2) is 12.6 Å². The maximum atomic E-state index is 10.3. The molecule has 0 saturated heterocycles. The summed E-state index contributed by atoms with van der Waals surface area (Å²) in [6.45, 7) is 2.73. The van der Waals surface area contributed by atoms with Crippen LogP contribution in [0.15, 0.2) is 30.3 Å². The Morgan fingerprint density at radius 2 is 2.19 bits per heavy atom. The zero-order chi connectivity index (χ0) is 11.8. The van der Waals surface area contributed by atoms with Gasteiger partial charge in [-0.1, -0.05) is 31.5 Å². The maximum absolute atomic E-state index is 10.3. The number of hydrogen-bond donors (Lipinski definition) is 0. The third kappa shape index (κ3) is 4.17. The van der Waals surface area contributed by atoms with Crippen LogP contribution in [-0.2, 0) is 4.79 Å². The summed E-state index contributed by atoms with van der Waals surface area (Å²) in [5.74, 6) is -0.503. The summed E-state index contributed by atoms with van der Waals surface area (Å²) < 4.78 is 5.55. The number of rotatable bonds is 6. The topological polar surface area (TPSA) is 49.4 Å². The lowest BCUT2D eigenvalue weighted by Gasteiger charge is -2.08. The van der Waals surface area contributed by atoms with Crippen LogP contribution >= 0.6 is 0 Å². The SMILES string of the molecule is CCCCOc1ccccc1/C=C/C(=O)[O-]. The first-order valence-electron chi connectivity index (χ1n) is 5.35. The molecule has 0 aromatic heterocycles. The quantitative estimate of drug-likeness (QED) is 0.539. The van der Waals surface area contributed by atoms with Gasteiger partial charge in [-0.2, -0.15) is 0 Å². The molecule has 0 spiro atoms. The third-order valence-electron chi connectivity index (χ3n) is 2.07. The van der Waals surface area contributed by atoms with Crippen molar-refractivity contribution in [2.75, 3.05) is 6.61 Å². The fourth-order valence-corrected chi connectivity index (χ4v) is 1.23. The van der Waals surface area contributed by atoms with Gasteiger partial charge < -0.3 is 14.6 Å². The van der Waals surface area contributed by atoms with Gasteiger partial charge in [0, 0.05) is 5.56 Å². The summed E-state index contributed by atoms with van der Waals surface area (Å²) in [4.78, 5) is 10.3. The Kier molecular flexibility index (Phi) is 5.12. The Hall–Kier alpha value is -1.77. The van der Waals surface area contributed by atoms with Crippen LogP contribution in [0.25, 0.3) is 6.08 Å². The number of carboxylic acid groups (broad SMARTS) is 1. The molecule has 0 bridgehead atoms. The molecule has 0 radical (unpaired) electrons. The average molecular weight is 219 g/mol. The number of unbranched alkanes of at least 4 members (excludes halogenated alkanes) is 1.